The summed E-state index contributed by atoms with van der Waals surface area (Å²) >= 11 is 0. The van der Waals surface area contributed by atoms with Crippen molar-refractivity contribution < 1.29 is 14.3 Å². The number of amides is 1. The van der Waals surface area contributed by atoms with Gasteiger partial charge in [0.05, 0.1) is 7.11 Å². The molecule has 0 aliphatic heterocycles. The average Bonchev–Trinajstić information content (AvgIpc) is 2.35. The van der Waals surface area contributed by atoms with Gasteiger partial charge in [-0.15, -0.1) is 0 Å². The fourth-order valence-corrected chi connectivity index (χ4v) is 1.85. The van der Waals surface area contributed by atoms with Crippen molar-refractivity contribution in [3.8, 4) is 5.75 Å². The van der Waals surface area contributed by atoms with E-state index < -0.39 is 11.7 Å². The fraction of sp³-hybridized carbons (Fsp3) is 0.312. The van der Waals surface area contributed by atoms with E-state index in [1.165, 1.54) is 0 Å². The second kappa shape index (κ2) is 5.41. The molecule has 2 rings (SSSR count). The number of nitrogens with one attached hydrogen (secondary N) is 1. The zero-order valence-electron chi connectivity index (χ0n) is 12.2. The highest BCUT2D eigenvalue weighted by Gasteiger charge is 2.16. The Hall–Kier alpha value is -2.23. The number of benzene rings is 2. The summed E-state index contributed by atoms with van der Waals surface area (Å²) in [6, 6.07) is 11.5. The highest BCUT2D eigenvalue weighted by molar-refractivity contribution is 5.91. The summed E-state index contributed by atoms with van der Waals surface area (Å²) in [5, 5.41) is 4.81. The lowest BCUT2D eigenvalue weighted by molar-refractivity contribution is 0.0636. The van der Waals surface area contributed by atoms with Gasteiger partial charge in [-0.05, 0) is 55.8 Å². The molecule has 106 valence electrons. The van der Waals surface area contributed by atoms with Crippen LogP contribution in [-0.4, -0.2) is 18.8 Å². The third-order valence-electron chi connectivity index (χ3n) is 2.69. The predicted molar refractivity (Wildman–Crippen MR) is 80.4 cm³/mol. The number of anilines is 1. The Morgan fingerprint density at radius 3 is 2.35 bits per heavy atom. The molecule has 4 nitrogen and oxygen atoms in total. The van der Waals surface area contributed by atoms with Gasteiger partial charge in [0.15, 0.2) is 0 Å². The van der Waals surface area contributed by atoms with Crippen molar-refractivity contribution in [3.63, 3.8) is 0 Å². The van der Waals surface area contributed by atoms with E-state index in [2.05, 4.69) is 5.32 Å². The molecule has 0 radical (unpaired) electrons. The van der Waals surface area contributed by atoms with Crippen molar-refractivity contribution >= 4 is 22.6 Å². The van der Waals surface area contributed by atoms with E-state index in [1.54, 1.807) is 7.11 Å². The number of hydrogen-bond donors (Lipinski definition) is 1. The largest absolute Gasteiger partial charge is 0.497 e. The number of methoxy groups -OCH3 is 1. The fourth-order valence-electron chi connectivity index (χ4n) is 1.85. The van der Waals surface area contributed by atoms with Crippen LogP contribution in [0.3, 0.4) is 0 Å². The van der Waals surface area contributed by atoms with E-state index in [4.69, 9.17) is 9.47 Å². The SMILES string of the molecule is COc1ccc2cc(NC(=O)OC(C)(C)C)ccc2c1. The third kappa shape index (κ3) is 3.63. The van der Waals surface area contributed by atoms with Crippen molar-refractivity contribution in [2.45, 2.75) is 26.4 Å². The smallest absolute Gasteiger partial charge is 0.412 e. The molecular weight excluding hydrogens is 254 g/mol. The second-order valence-electron chi connectivity index (χ2n) is 5.55. The monoisotopic (exact) mass is 273 g/mol. The molecule has 0 aliphatic rings. The summed E-state index contributed by atoms with van der Waals surface area (Å²) in [7, 11) is 1.64. The van der Waals surface area contributed by atoms with Gasteiger partial charge in [-0.3, -0.25) is 5.32 Å². The molecule has 0 aromatic heterocycles. The summed E-state index contributed by atoms with van der Waals surface area (Å²) in [5.74, 6) is 0.811. The minimum absolute atomic E-state index is 0.453. The maximum Gasteiger partial charge on any atom is 0.412 e. The number of rotatable bonds is 2. The van der Waals surface area contributed by atoms with Gasteiger partial charge >= 0.3 is 6.09 Å². The molecule has 1 amide bonds. The zero-order chi connectivity index (χ0) is 14.8. The minimum Gasteiger partial charge on any atom is -0.497 e. The van der Waals surface area contributed by atoms with Crippen LogP contribution in [0.15, 0.2) is 36.4 Å². The first kappa shape index (κ1) is 14.2. The molecular formula is C16H19NO3. The van der Waals surface area contributed by atoms with Crippen molar-refractivity contribution in [1.29, 1.82) is 0 Å². The van der Waals surface area contributed by atoms with Crippen molar-refractivity contribution in [1.82, 2.24) is 0 Å². The number of ether oxygens (including phenoxy) is 2. The van der Waals surface area contributed by atoms with Gasteiger partial charge in [-0.2, -0.15) is 0 Å². The highest BCUT2D eigenvalue weighted by Crippen LogP contribution is 2.24. The molecule has 2 aromatic carbocycles. The highest BCUT2D eigenvalue weighted by atomic mass is 16.6. The topological polar surface area (TPSA) is 47.6 Å². The number of carbonyl (C=O) groups is 1. The molecule has 0 bridgehead atoms. The Bertz CT molecular complexity index is 629. The molecule has 0 spiro atoms. The lowest BCUT2D eigenvalue weighted by Crippen LogP contribution is -2.27. The van der Waals surface area contributed by atoms with Crippen molar-refractivity contribution in [2.75, 3.05) is 12.4 Å². The van der Waals surface area contributed by atoms with Crippen LogP contribution in [0.25, 0.3) is 10.8 Å². The van der Waals surface area contributed by atoms with E-state index in [9.17, 15) is 4.79 Å². The third-order valence-corrected chi connectivity index (χ3v) is 2.69. The number of fused-ring (bicyclic) bond motifs is 1. The van der Waals surface area contributed by atoms with Crippen LogP contribution < -0.4 is 10.1 Å². The molecule has 0 aliphatic carbocycles. The Kier molecular flexibility index (Phi) is 3.84. The number of hydrogen-bond acceptors (Lipinski definition) is 3. The summed E-state index contributed by atoms with van der Waals surface area (Å²) in [5.41, 5.74) is 0.200. The van der Waals surface area contributed by atoms with Crippen LogP contribution in [0.2, 0.25) is 0 Å². The van der Waals surface area contributed by atoms with Crippen LogP contribution in [0.4, 0.5) is 10.5 Å². The summed E-state index contributed by atoms with van der Waals surface area (Å²) < 4.78 is 10.4. The summed E-state index contributed by atoms with van der Waals surface area (Å²) in [4.78, 5) is 11.7. The Morgan fingerprint density at radius 1 is 1.05 bits per heavy atom. The first-order valence-corrected chi connectivity index (χ1v) is 6.45. The van der Waals surface area contributed by atoms with Gasteiger partial charge < -0.3 is 9.47 Å². The quantitative estimate of drug-likeness (QED) is 0.892. The van der Waals surface area contributed by atoms with Crippen LogP contribution >= 0.6 is 0 Å². The first-order chi connectivity index (χ1) is 9.37. The van der Waals surface area contributed by atoms with E-state index in [1.807, 2.05) is 57.2 Å². The van der Waals surface area contributed by atoms with Crippen LogP contribution in [0.5, 0.6) is 5.75 Å². The molecule has 2 aromatic rings. The predicted octanol–water partition coefficient (Wildman–Crippen LogP) is 4.20. The van der Waals surface area contributed by atoms with E-state index in [-0.39, 0.29) is 0 Å². The lowest BCUT2D eigenvalue weighted by Gasteiger charge is -2.19. The molecule has 0 saturated heterocycles. The Labute approximate surface area is 118 Å². The Morgan fingerprint density at radius 2 is 1.70 bits per heavy atom. The van der Waals surface area contributed by atoms with Crippen LogP contribution in [0.1, 0.15) is 20.8 Å². The number of carbonyl (C=O) groups excluding carboxylic acids is 1. The molecule has 0 fully saturated rings. The van der Waals surface area contributed by atoms with E-state index in [0.29, 0.717) is 5.69 Å². The minimum atomic E-state index is -0.506. The van der Waals surface area contributed by atoms with Gasteiger partial charge in [0.25, 0.3) is 0 Å². The van der Waals surface area contributed by atoms with Crippen molar-refractivity contribution in [3.05, 3.63) is 36.4 Å². The molecule has 0 atom stereocenters. The van der Waals surface area contributed by atoms with Gasteiger partial charge in [0.2, 0.25) is 0 Å². The molecule has 0 unspecified atom stereocenters. The zero-order valence-corrected chi connectivity index (χ0v) is 12.2. The normalized spacial score (nSPS) is 11.2. The second-order valence-corrected chi connectivity index (χ2v) is 5.55. The average molecular weight is 273 g/mol. The van der Waals surface area contributed by atoms with Gasteiger partial charge in [0.1, 0.15) is 11.4 Å². The van der Waals surface area contributed by atoms with Crippen LogP contribution in [0, 0.1) is 0 Å². The van der Waals surface area contributed by atoms with Gasteiger partial charge in [-0.1, -0.05) is 12.1 Å². The summed E-state index contributed by atoms with van der Waals surface area (Å²) in [6.07, 6.45) is -0.453. The molecule has 4 heteroatoms. The van der Waals surface area contributed by atoms with Gasteiger partial charge in [-0.25, -0.2) is 4.79 Å². The summed E-state index contributed by atoms with van der Waals surface area (Å²) in [6.45, 7) is 5.50. The van der Waals surface area contributed by atoms with E-state index in [0.717, 1.165) is 16.5 Å². The molecule has 0 heterocycles. The van der Waals surface area contributed by atoms with Gasteiger partial charge in [0, 0.05) is 5.69 Å². The molecule has 0 saturated carbocycles. The van der Waals surface area contributed by atoms with Crippen LogP contribution in [-0.2, 0) is 4.74 Å². The standard InChI is InChI=1S/C16H19NO3/c1-16(2,3)20-15(18)17-13-7-5-12-10-14(19-4)8-6-11(12)9-13/h5-10H,1-4H3,(H,17,18). The van der Waals surface area contributed by atoms with Crippen molar-refractivity contribution in [2.24, 2.45) is 0 Å². The molecule has 20 heavy (non-hydrogen) atoms. The Balaban J connectivity index is 2.18. The molecule has 1 N–H and O–H groups in total. The van der Waals surface area contributed by atoms with E-state index >= 15 is 0 Å². The first-order valence-electron chi connectivity index (χ1n) is 6.45. The maximum absolute atomic E-state index is 11.7. The maximum atomic E-state index is 11.7. The lowest BCUT2D eigenvalue weighted by atomic mass is 10.1.